The Morgan fingerprint density at radius 2 is 1.91 bits per heavy atom. The third-order valence-corrected chi connectivity index (χ3v) is 3.52. The molecule has 0 saturated heterocycles. The SMILES string of the molecule is Nc1ccc(Nc2nn3c(=O)cc(C(F)(F)F)nc3s2)cc1. The average Bonchev–Trinajstić information content (AvgIpc) is 2.83. The highest BCUT2D eigenvalue weighted by Gasteiger charge is 2.33. The molecule has 0 saturated carbocycles. The molecule has 0 aliphatic heterocycles. The third kappa shape index (κ3) is 2.72. The molecule has 10 heteroatoms. The van der Waals surface area contributed by atoms with Crippen LogP contribution in [-0.4, -0.2) is 14.6 Å². The molecule has 6 nitrogen and oxygen atoms in total. The van der Waals surface area contributed by atoms with Crippen LogP contribution in [0, 0.1) is 0 Å². The molecule has 0 fully saturated rings. The minimum Gasteiger partial charge on any atom is -0.399 e. The van der Waals surface area contributed by atoms with E-state index in [1.165, 1.54) is 0 Å². The fourth-order valence-corrected chi connectivity index (χ4v) is 2.52. The summed E-state index contributed by atoms with van der Waals surface area (Å²) in [4.78, 5) is 15.0. The van der Waals surface area contributed by atoms with Crippen LogP contribution in [0.2, 0.25) is 0 Å². The van der Waals surface area contributed by atoms with Crippen molar-refractivity contribution in [1.29, 1.82) is 0 Å². The number of rotatable bonds is 2. The topological polar surface area (TPSA) is 85.3 Å². The van der Waals surface area contributed by atoms with E-state index in [9.17, 15) is 18.0 Å². The largest absolute Gasteiger partial charge is 0.433 e. The summed E-state index contributed by atoms with van der Waals surface area (Å²) in [5, 5.41) is 7.02. The van der Waals surface area contributed by atoms with Crippen LogP contribution in [0.5, 0.6) is 0 Å². The van der Waals surface area contributed by atoms with E-state index >= 15 is 0 Å². The minimum absolute atomic E-state index is 0.141. The first-order valence-electron chi connectivity index (χ1n) is 5.93. The number of aromatic nitrogens is 3. The number of halogens is 3. The molecule has 2 aromatic heterocycles. The second kappa shape index (κ2) is 4.98. The van der Waals surface area contributed by atoms with E-state index in [2.05, 4.69) is 15.4 Å². The number of nitrogen functional groups attached to an aromatic ring is 1. The first kappa shape index (κ1) is 14.3. The Labute approximate surface area is 125 Å². The normalized spacial score (nSPS) is 11.8. The van der Waals surface area contributed by atoms with Gasteiger partial charge in [-0.1, -0.05) is 11.3 Å². The number of fused-ring (bicyclic) bond motifs is 1. The summed E-state index contributed by atoms with van der Waals surface area (Å²) in [7, 11) is 0. The second-order valence-electron chi connectivity index (χ2n) is 4.33. The van der Waals surface area contributed by atoms with Gasteiger partial charge >= 0.3 is 6.18 Å². The predicted octanol–water partition coefficient (Wildman–Crippen LogP) is 2.50. The summed E-state index contributed by atoms with van der Waals surface area (Å²) < 4.78 is 38.7. The smallest absolute Gasteiger partial charge is 0.399 e. The zero-order valence-electron chi connectivity index (χ0n) is 10.8. The van der Waals surface area contributed by atoms with Gasteiger partial charge in [-0.2, -0.15) is 17.7 Å². The van der Waals surface area contributed by atoms with E-state index in [1.807, 2.05) is 0 Å². The van der Waals surface area contributed by atoms with Gasteiger partial charge in [0.1, 0.15) is 0 Å². The zero-order chi connectivity index (χ0) is 15.9. The molecule has 1 aromatic carbocycles. The van der Waals surface area contributed by atoms with E-state index < -0.39 is 17.4 Å². The van der Waals surface area contributed by atoms with Gasteiger partial charge in [0.25, 0.3) is 5.56 Å². The monoisotopic (exact) mass is 327 g/mol. The number of anilines is 3. The van der Waals surface area contributed by atoms with Crippen LogP contribution in [0.25, 0.3) is 4.96 Å². The standard InChI is InChI=1S/C12H8F3N5OS/c13-12(14,15)8-5-9(21)20-11(18-8)22-10(19-20)17-7-3-1-6(16)2-4-7/h1-5H,16H2,(H,17,19). The fourth-order valence-electron chi connectivity index (χ4n) is 1.70. The number of nitrogens with one attached hydrogen (secondary N) is 1. The molecule has 2 heterocycles. The molecule has 0 spiro atoms. The molecule has 0 aliphatic rings. The van der Waals surface area contributed by atoms with Gasteiger partial charge < -0.3 is 11.1 Å². The summed E-state index contributed by atoms with van der Waals surface area (Å²) >= 11 is 0.839. The van der Waals surface area contributed by atoms with Gasteiger partial charge in [0.05, 0.1) is 0 Å². The van der Waals surface area contributed by atoms with Crippen LogP contribution in [-0.2, 0) is 6.18 Å². The van der Waals surface area contributed by atoms with Crippen LogP contribution in [0.3, 0.4) is 0 Å². The molecule has 0 bridgehead atoms. The molecule has 3 aromatic rings. The van der Waals surface area contributed by atoms with Crippen molar-refractivity contribution >= 4 is 32.8 Å². The number of alkyl halides is 3. The van der Waals surface area contributed by atoms with Gasteiger partial charge in [0.2, 0.25) is 10.1 Å². The van der Waals surface area contributed by atoms with Gasteiger partial charge in [0.15, 0.2) is 5.69 Å². The van der Waals surface area contributed by atoms with Crippen LogP contribution in [0.15, 0.2) is 35.1 Å². The Morgan fingerprint density at radius 1 is 1.23 bits per heavy atom. The summed E-state index contributed by atoms with van der Waals surface area (Å²) in [6, 6.07) is 7.08. The maximum atomic E-state index is 12.6. The second-order valence-corrected chi connectivity index (χ2v) is 5.28. The van der Waals surface area contributed by atoms with E-state index in [4.69, 9.17) is 5.73 Å². The van der Waals surface area contributed by atoms with Gasteiger partial charge in [-0.3, -0.25) is 4.79 Å². The molecule has 3 N–H and O–H groups in total. The molecule has 114 valence electrons. The molecule has 0 unspecified atom stereocenters. The summed E-state index contributed by atoms with van der Waals surface area (Å²) in [6.45, 7) is 0. The molecule has 0 radical (unpaired) electrons. The highest BCUT2D eigenvalue weighted by Crippen LogP contribution is 2.28. The zero-order valence-corrected chi connectivity index (χ0v) is 11.6. The van der Waals surface area contributed by atoms with E-state index in [0.717, 1.165) is 15.9 Å². The molecular formula is C12H8F3N5OS. The number of hydrogen-bond donors (Lipinski definition) is 2. The van der Waals surface area contributed by atoms with Crippen LogP contribution in [0.4, 0.5) is 29.7 Å². The molecule has 22 heavy (non-hydrogen) atoms. The van der Waals surface area contributed by atoms with E-state index in [0.29, 0.717) is 17.4 Å². The van der Waals surface area contributed by atoms with Crippen LogP contribution < -0.4 is 16.6 Å². The van der Waals surface area contributed by atoms with Crippen molar-refractivity contribution in [3.8, 4) is 0 Å². The number of nitrogens with two attached hydrogens (primary N) is 1. The lowest BCUT2D eigenvalue weighted by atomic mass is 10.3. The molecule has 0 amide bonds. The van der Waals surface area contributed by atoms with E-state index in [1.54, 1.807) is 24.3 Å². The summed E-state index contributed by atoms with van der Waals surface area (Å²) in [6.07, 6.45) is -4.68. The number of nitrogens with zero attached hydrogens (tertiary/aromatic N) is 3. The maximum absolute atomic E-state index is 12.6. The Hall–Kier alpha value is -2.62. The lowest BCUT2D eigenvalue weighted by Crippen LogP contribution is -2.19. The van der Waals surface area contributed by atoms with Crippen molar-refractivity contribution in [3.63, 3.8) is 0 Å². The highest BCUT2D eigenvalue weighted by molar-refractivity contribution is 7.20. The van der Waals surface area contributed by atoms with Gasteiger partial charge in [-0.05, 0) is 24.3 Å². The third-order valence-electron chi connectivity index (χ3n) is 2.70. The number of benzene rings is 1. The van der Waals surface area contributed by atoms with Crippen molar-refractivity contribution in [2.45, 2.75) is 6.18 Å². The van der Waals surface area contributed by atoms with Gasteiger partial charge in [0, 0.05) is 17.4 Å². The lowest BCUT2D eigenvalue weighted by Gasteiger charge is -2.03. The average molecular weight is 327 g/mol. The predicted molar refractivity (Wildman–Crippen MR) is 76.3 cm³/mol. The molecule has 3 rings (SSSR count). The first-order valence-corrected chi connectivity index (χ1v) is 6.75. The van der Waals surface area contributed by atoms with Gasteiger partial charge in [-0.15, -0.1) is 5.10 Å². The molecule has 0 aliphatic carbocycles. The maximum Gasteiger partial charge on any atom is 0.433 e. The fraction of sp³-hybridized carbons (Fsp3) is 0.0833. The number of hydrogen-bond acceptors (Lipinski definition) is 6. The first-order chi connectivity index (χ1) is 10.3. The Morgan fingerprint density at radius 3 is 2.55 bits per heavy atom. The Bertz CT molecular complexity index is 884. The Kier molecular flexibility index (Phi) is 3.24. The van der Waals surface area contributed by atoms with Crippen molar-refractivity contribution in [2.24, 2.45) is 0 Å². The summed E-state index contributed by atoms with van der Waals surface area (Å²) in [5.41, 5.74) is 4.64. The van der Waals surface area contributed by atoms with Gasteiger partial charge in [-0.25, -0.2) is 4.98 Å². The van der Waals surface area contributed by atoms with Crippen LogP contribution in [0.1, 0.15) is 5.69 Å². The highest BCUT2D eigenvalue weighted by atomic mass is 32.1. The Balaban J connectivity index is 2.01. The van der Waals surface area contributed by atoms with Crippen LogP contribution >= 0.6 is 11.3 Å². The van der Waals surface area contributed by atoms with Crippen molar-refractivity contribution in [2.75, 3.05) is 11.1 Å². The van der Waals surface area contributed by atoms with Crippen molar-refractivity contribution < 1.29 is 13.2 Å². The quantitative estimate of drug-likeness (QED) is 0.706. The van der Waals surface area contributed by atoms with E-state index in [-0.39, 0.29) is 10.1 Å². The molecule has 0 atom stereocenters. The minimum atomic E-state index is -4.68. The lowest BCUT2D eigenvalue weighted by molar-refractivity contribution is -0.141. The van der Waals surface area contributed by atoms with Crippen molar-refractivity contribution in [1.82, 2.24) is 14.6 Å². The van der Waals surface area contributed by atoms with Crippen molar-refractivity contribution in [3.05, 3.63) is 46.4 Å². The molecular weight excluding hydrogens is 319 g/mol. The summed E-state index contributed by atoms with van der Waals surface area (Å²) in [5.74, 6) is 0.